The fraction of sp³-hybridized carbons (Fsp3) is 0.600. The SMILES string of the molecule is O=C(N1CCCC1)C1(O)CCCN(c2ccccn2)C1. The number of amides is 1. The number of nitrogens with zero attached hydrogens (tertiary/aromatic N) is 3. The zero-order valence-electron chi connectivity index (χ0n) is 11.7. The van der Waals surface area contributed by atoms with Gasteiger partial charge in [0.15, 0.2) is 5.60 Å². The van der Waals surface area contributed by atoms with E-state index in [1.807, 2.05) is 28.0 Å². The molecular formula is C15H21N3O2. The summed E-state index contributed by atoms with van der Waals surface area (Å²) in [6.45, 7) is 2.75. The van der Waals surface area contributed by atoms with Gasteiger partial charge in [0.1, 0.15) is 5.82 Å². The van der Waals surface area contributed by atoms with Gasteiger partial charge in [-0.3, -0.25) is 4.79 Å². The van der Waals surface area contributed by atoms with E-state index in [-0.39, 0.29) is 5.91 Å². The fourth-order valence-electron chi connectivity index (χ4n) is 3.16. The Morgan fingerprint density at radius 1 is 1.20 bits per heavy atom. The van der Waals surface area contributed by atoms with Crippen molar-refractivity contribution in [1.29, 1.82) is 0 Å². The average molecular weight is 275 g/mol. The van der Waals surface area contributed by atoms with E-state index >= 15 is 0 Å². The minimum absolute atomic E-state index is 0.101. The fourth-order valence-corrected chi connectivity index (χ4v) is 3.16. The minimum Gasteiger partial charge on any atom is -0.378 e. The third kappa shape index (κ3) is 2.50. The van der Waals surface area contributed by atoms with Crippen LogP contribution in [0.1, 0.15) is 25.7 Å². The van der Waals surface area contributed by atoms with Gasteiger partial charge in [-0.1, -0.05) is 6.07 Å². The quantitative estimate of drug-likeness (QED) is 0.876. The Kier molecular flexibility index (Phi) is 3.61. The Balaban J connectivity index is 1.75. The van der Waals surface area contributed by atoms with E-state index in [2.05, 4.69) is 4.98 Å². The van der Waals surface area contributed by atoms with Crippen molar-refractivity contribution in [2.45, 2.75) is 31.3 Å². The van der Waals surface area contributed by atoms with E-state index in [9.17, 15) is 9.90 Å². The van der Waals surface area contributed by atoms with Crippen LogP contribution >= 0.6 is 0 Å². The van der Waals surface area contributed by atoms with E-state index < -0.39 is 5.60 Å². The first kappa shape index (κ1) is 13.4. The number of piperidine rings is 1. The average Bonchev–Trinajstić information content (AvgIpc) is 3.01. The highest BCUT2D eigenvalue weighted by molar-refractivity contribution is 5.86. The van der Waals surface area contributed by atoms with Crippen molar-refractivity contribution in [3.8, 4) is 0 Å². The van der Waals surface area contributed by atoms with Gasteiger partial charge in [0.2, 0.25) is 0 Å². The molecule has 0 aliphatic carbocycles. The third-order valence-corrected chi connectivity index (χ3v) is 4.24. The van der Waals surface area contributed by atoms with E-state index in [1.54, 1.807) is 6.20 Å². The van der Waals surface area contributed by atoms with Crippen LogP contribution in [-0.2, 0) is 4.79 Å². The lowest BCUT2D eigenvalue weighted by molar-refractivity contribution is -0.151. The maximum absolute atomic E-state index is 12.5. The molecule has 1 atom stereocenters. The second-order valence-corrected chi connectivity index (χ2v) is 5.74. The zero-order valence-corrected chi connectivity index (χ0v) is 11.7. The summed E-state index contributed by atoms with van der Waals surface area (Å²) >= 11 is 0. The number of carbonyl (C=O) groups is 1. The van der Waals surface area contributed by atoms with Crippen molar-refractivity contribution in [3.05, 3.63) is 24.4 Å². The smallest absolute Gasteiger partial charge is 0.256 e. The Bertz CT molecular complexity index is 473. The van der Waals surface area contributed by atoms with Crippen LogP contribution in [0.3, 0.4) is 0 Å². The Labute approximate surface area is 119 Å². The molecule has 3 heterocycles. The van der Waals surface area contributed by atoms with Crippen LogP contribution in [0.4, 0.5) is 5.82 Å². The van der Waals surface area contributed by atoms with Crippen LogP contribution in [0, 0.1) is 0 Å². The number of pyridine rings is 1. The molecule has 3 rings (SSSR count). The van der Waals surface area contributed by atoms with E-state index in [1.165, 1.54) is 0 Å². The van der Waals surface area contributed by atoms with Crippen LogP contribution in [0.25, 0.3) is 0 Å². The zero-order chi connectivity index (χ0) is 14.0. The van der Waals surface area contributed by atoms with Crippen LogP contribution in [0.2, 0.25) is 0 Å². The van der Waals surface area contributed by atoms with E-state index in [4.69, 9.17) is 0 Å². The minimum atomic E-state index is -1.25. The van der Waals surface area contributed by atoms with Crippen molar-refractivity contribution in [2.24, 2.45) is 0 Å². The highest BCUT2D eigenvalue weighted by atomic mass is 16.3. The van der Waals surface area contributed by atoms with Crippen molar-refractivity contribution in [2.75, 3.05) is 31.1 Å². The molecule has 2 fully saturated rings. The van der Waals surface area contributed by atoms with Gasteiger partial charge in [-0.05, 0) is 37.8 Å². The molecule has 1 N–H and O–H groups in total. The maximum atomic E-state index is 12.5. The molecule has 0 saturated carbocycles. The van der Waals surface area contributed by atoms with Crippen molar-refractivity contribution in [3.63, 3.8) is 0 Å². The summed E-state index contributed by atoms with van der Waals surface area (Å²) in [5.74, 6) is 0.732. The van der Waals surface area contributed by atoms with Gasteiger partial charge in [-0.15, -0.1) is 0 Å². The number of aliphatic hydroxyl groups is 1. The summed E-state index contributed by atoms with van der Waals surface area (Å²) in [4.78, 5) is 20.7. The van der Waals surface area contributed by atoms with Crippen molar-refractivity contribution >= 4 is 11.7 Å². The third-order valence-electron chi connectivity index (χ3n) is 4.24. The van der Waals surface area contributed by atoms with Gasteiger partial charge in [0.25, 0.3) is 5.91 Å². The summed E-state index contributed by atoms with van der Waals surface area (Å²) in [6, 6.07) is 5.72. The first-order valence-corrected chi connectivity index (χ1v) is 7.37. The summed E-state index contributed by atoms with van der Waals surface area (Å²) in [7, 11) is 0. The summed E-state index contributed by atoms with van der Waals surface area (Å²) < 4.78 is 0. The molecule has 0 bridgehead atoms. The van der Waals surface area contributed by atoms with Crippen LogP contribution in [0.5, 0.6) is 0 Å². The number of anilines is 1. The molecule has 2 aliphatic rings. The number of carbonyl (C=O) groups excluding carboxylic acids is 1. The van der Waals surface area contributed by atoms with E-state index in [0.717, 1.165) is 44.7 Å². The van der Waals surface area contributed by atoms with Crippen LogP contribution in [-0.4, -0.2) is 52.7 Å². The van der Waals surface area contributed by atoms with Crippen molar-refractivity contribution in [1.82, 2.24) is 9.88 Å². The molecule has 5 nitrogen and oxygen atoms in total. The molecular weight excluding hydrogens is 254 g/mol. The van der Waals surface area contributed by atoms with Crippen LogP contribution in [0.15, 0.2) is 24.4 Å². The molecule has 2 saturated heterocycles. The highest BCUT2D eigenvalue weighted by Gasteiger charge is 2.43. The first-order valence-electron chi connectivity index (χ1n) is 7.37. The molecule has 2 aliphatic heterocycles. The molecule has 5 heteroatoms. The Morgan fingerprint density at radius 3 is 2.70 bits per heavy atom. The molecule has 108 valence electrons. The largest absolute Gasteiger partial charge is 0.378 e. The maximum Gasteiger partial charge on any atom is 0.256 e. The molecule has 1 unspecified atom stereocenters. The lowest BCUT2D eigenvalue weighted by atomic mass is 9.91. The van der Waals surface area contributed by atoms with E-state index in [0.29, 0.717) is 13.0 Å². The molecule has 1 aromatic rings. The molecule has 0 spiro atoms. The summed E-state index contributed by atoms with van der Waals surface area (Å²) in [5, 5.41) is 10.8. The van der Waals surface area contributed by atoms with Gasteiger partial charge >= 0.3 is 0 Å². The number of rotatable bonds is 2. The van der Waals surface area contributed by atoms with Gasteiger partial charge in [-0.25, -0.2) is 4.98 Å². The number of aromatic nitrogens is 1. The molecule has 20 heavy (non-hydrogen) atoms. The number of likely N-dealkylation sites (tertiary alicyclic amines) is 1. The Morgan fingerprint density at radius 2 is 2.00 bits per heavy atom. The normalized spacial score (nSPS) is 26.9. The second kappa shape index (κ2) is 5.40. The lowest BCUT2D eigenvalue weighted by Crippen LogP contribution is -2.57. The van der Waals surface area contributed by atoms with Gasteiger partial charge in [0, 0.05) is 25.8 Å². The van der Waals surface area contributed by atoms with Crippen LogP contribution < -0.4 is 4.90 Å². The number of β-amino-alcohol motifs (C(OH)–C–C–N with tert-alkyl or cyclic N) is 1. The second-order valence-electron chi connectivity index (χ2n) is 5.74. The highest BCUT2D eigenvalue weighted by Crippen LogP contribution is 2.27. The lowest BCUT2D eigenvalue weighted by Gasteiger charge is -2.40. The molecule has 0 aromatic carbocycles. The first-order chi connectivity index (χ1) is 9.69. The predicted molar refractivity (Wildman–Crippen MR) is 76.4 cm³/mol. The Hall–Kier alpha value is -1.62. The van der Waals surface area contributed by atoms with Gasteiger partial charge in [-0.2, -0.15) is 0 Å². The topological polar surface area (TPSA) is 56.7 Å². The predicted octanol–water partition coefficient (Wildman–Crippen LogP) is 1.04. The summed E-state index contributed by atoms with van der Waals surface area (Å²) in [5.41, 5.74) is -1.25. The molecule has 1 amide bonds. The summed E-state index contributed by atoms with van der Waals surface area (Å²) in [6.07, 6.45) is 5.20. The van der Waals surface area contributed by atoms with Crippen molar-refractivity contribution < 1.29 is 9.90 Å². The number of hydrogen-bond donors (Lipinski definition) is 1. The monoisotopic (exact) mass is 275 g/mol. The van der Waals surface area contributed by atoms with Gasteiger partial charge in [0.05, 0.1) is 6.54 Å². The molecule has 0 radical (unpaired) electrons. The standard InChI is InChI=1S/C15H21N3O2/c19-14(17-9-3-4-10-17)15(20)7-5-11-18(12-15)13-6-1-2-8-16-13/h1-2,6,8,20H,3-5,7,9-12H2. The van der Waals surface area contributed by atoms with Gasteiger partial charge < -0.3 is 14.9 Å². The number of hydrogen-bond acceptors (Lipinski definition) is 4. The molecule has 1 aromatic heterocycles.